The first-order chi connectivity index (χ1) is 44.9. The maximum absolute atomic E-state index is 13.1. The minimum Gasteiger partial charge on any atom is -0.462 e. The Hall–Kier alpha value is -1.94. The van der Waals surface area contributed by atoms with Gasteiger partial charge in [-0.3, -0.25) is 37.3 Å². The highest BCUT2D eigenvalue weighted by atomic mass is 31.2. The van der Waals surface area contributed by atoms with Gasteiger partial charge in [0.15, 0.2) is 12.2 Å². The van der Waals surface area contributed by atoms with E-state index in [1.54, 1.807) is 0 Å². The van der Waals surface area contributed by atoms with Gasteiger partial charge in [0.1, 0.15) is 19.3 Å². The van der Waals surface area contributed by atoms with Crippen molar-refractivity contribution in [1.82, 2.24) is 0 Å². The Bertz CT molecular complexity index is 1810. The summed E-state index contributed by atoms with van der Waals surface area (Å²) >= 11 is 0. The topological polar surface area (TPSA) is 237 Å². The standard InChI is InChI=1S/C74H144O17P2/c1-7-10-12-14-16-18-20-30-34-37-44-50-56-71(76)84-62-69(90-74(79)59-53-47-39-35-31-28-26-24-22-21-23-25-27-29-32-36-43-49-55-67(6)9-3)64-88-92(80,81)86-60-68(75)61-87-93(82,83)89-65-70(63-85-72(77)57-51-45-41-40-42-48-54-66(4)5)91-73(78)58-52-46-38-33-19-17-15-13-11-8-2/h66-70,75H,7-65H2,1-6H3,(H,80,81)(H,82,83)/t67?,68-,69-,70-/m1/s1. The lowest BCUT2D eigenvalue weighted by atomic mass is 9.99. The molecule has 3 N–H and O–H groups in total. The second-order valence-corrected chi connectivity index (χ2v) is 30.3. The van der Waals surface area contributed by atoms with E-state index in [2.05, 4.69) is 41.5 Å². The zero-order chi connectivity index (χ0) is 68.6. The third-order valence-corrected chi connectivity index (χ3v) is 19.5. The SMILES string of the molecule is CCCCCCCCCCCCCCC(=O)OC[C@H](COP(=O)(O)OC[C@@H](O)COP(=O)(O)OC[C@@H](COC(=O)CCCCCCCCC(C)C)OC(=O)CCCCCCCCCCCC)OC(=O)CCCCCCCCCCCCCCCCCCCCC(C)CC. The Morgan fingerprint density at radius 1 is 0.312 bits per heavy atom. The molecule has 0 fully saturated rings. The van der Waals surface area contributed by atoms with E-state index < -0.39 is 97.5 Å². The van der Waals surface area contributed by atoms with Crippen LogP contribution < -0.4 is 0 Å². The predicted octanol–water partition coefficient (Wildman–Crippen LogP) is 21.6. The lowest BCUT2D eigenvalue weighted by molar-refractivity contribution is -0.161. The van der Waals surface area contributed by atoms with Gasteiger partial charge >= 0.3 is 39.5 Å². The normalized spacial score (nSPS) is 14.3. The molecule has 0 saturated carbocycles. The molecule has 0 saturated heterocycles. The maximum Gasteiger partial charge on any atom is 0.472 e. The van der Waals surface area contributed by atoms with E-state index in [4.69, 9.17) is 37.0 Å². The Morgan fingerprint density at radius 2 is 0.548 bits per heavy atom. The zero-order valence-electron chi connectivity index (χ0n) is 60.6. The number of phosphoric ester groups is 2. The van der Waals surface area contributed by atoms with Crippen LogP contribution in [0.3, 0.4) is 0 Å². The first-order valence-electron chi connectivity index (χ1n) is 38.5. The number of aliphatic hydroxyl groups excluding tert-OH is 1. The first kappa shape index (κ1) is 91.1. The van der Waals surface area contributed by atoms with E-state index in [1.807, 2.05) is 0 Å². The van der Waals surface area contributed by atoms with Gasteiger partial charge in [0.25, 0.3) is 0 Å². The van der Waals surface area contributed by atoms with Crippen LogP contribution in [0.25, 0.3) is 0 Å². The number of esters is 4. The predicted molar refractivity (Wildman–Crippen MR) is 377 cm³/mol. The number of rotatable bonds is 73. The quantitative estimate of drug-likeness (QED) is 0.0222. The zero-order valence-corrected chi connectivity index (χ0v) is 62.3. The fourth-order valence-corrected chi connectivity index (χ4v) is 12.8. The summed E-state index contributed by atoms with van der Waals surface area (Å²) in [7, 11) is -9.90. The molecule has 0 bridgehead atoms. The number of ether oxygens (including phenoxy) is 4. The van der Waals surface area contributed by atoms with Crippen LogP contribution in [0.5, 0.6) is 0 Å². The van der Waals surface area contributed by atoms with Crippen molar-refractivity contribution in [2.45, 2.75) is 400 Å². The number of aliphatic hydroxyl groups is 1. The second kappa shape index (κ2) is 66.0. The van der Waals surface area contributed by atoms with E-state index in [0.29, 0.717) is 31.6 Å². The fraction of sp³-hybridized carbons (Fsp3) is 0.946. The van der Waals surface area contributed by atoms with E-state index in [9.17, 15) is 43.2 Å². The van der Waals surface area contributed by atoms with Crippen LogP contribution in [0, 0.1) is 11.8 Å². The lowest BCUT2D eigenvalue weighted by Gasteiger charge is -2.21. The number of carbonyl (C=O) groups is 4. The molecule has 0 radical (unpaired) electrons. The van der Waals surface area contributed by atoms with E-state index >= 15 is 0 Å². The molecule has 0 heterocycles. The summed E-state index contributed by atoms with van der Waals surface area (Å²) in [6.45, 7) is 9.55. The molecule has 17 nitrogen and oxygen atoms in total. The number of hydrogen-bond donors (Lipinski definition) is 3. The Kier molecular flexibility index (Phi) is 64.6. The largest absolute Gasteiger partial charge is 0.472 e. The van der Waals surface area contributed by atoms with Gasteiger partial charge in [-0.1, -0.05) is 330 Å². The van der Waals surface area contributed by atoms with Crippen molar-refractivity contribution in [3.63, 3.8) is 0 Å². The molecule has 552 valence electrons. The fourth-order valence-electron chi connectivity index (χ4n) is 11.3. The third kappa shape index (κ3) is 67.0. The highest BCUT2D eigenvalue weighted by molar-refractivity contribution is 7.47. The van der Waals surface area contributed by atoms with Crippen molar-refractivity contribution < 1.29 is 80.2 Å². The van der Waals surface area contributed by atoms with Crippen LogP contribution in [-0.2, 0) is 65.4 Å². The van der Waals surface area contributed by atoms with Crippen LogP contribution >= 0.6 is 15.6 Å². The van der Waals surface area contributed by atoms with E-state index in [0.717, 1.165) is 102 Å². The van der Waals surface area contributed by atoms with Gasteiger partial charge in [-0.25, -0.2) is 9.13 Å². The maximum atomic E-state index is 13.1. The van der Waals surface area contributed by atoms with E-state index in [1.165, 1.54) is 193 Å². The van der Waals surface area contributed by atoms with Crippen LogP contribution in [0.15, 0.2) is 0 Å². The molecule has 0 amide bonds. The van der Waals surface area contributed by atoms with Gasteiger partial charge in [0, 0.05) is 25.7 Å². The highest BCUT2D eigenvalue weighted by Crippen LogP contribution is 2.45. The minimum absolute atomic E-state index is 0.105. The van der Waals surface area contributed by atoms with Gasteiger partial charge in [-0.2, -0.15) is 0 Å². The third-order valence-electron chi connectivity index (χ3n) is 17.6. The van der Waals surface area contributed by atoms with Crippen molar-refractivity contribution in [3.05, 3.63) is 0 Å². The molecule has 0 spiro atoms. The molecule has 0 aliphatic carbocycles. The van der Waals surface area contributed by atoms with Gasteiger partial charge in [0.2, 0.25) is 0 Å². The minimum atomic E-state index is -4.95. The lowest BCUT2D eigenvalue weighted by Crippen LogP contribution is -2.30. The molecule has 0 aliphatic heterocycles. The summed E-state index contributed by atoms with van der Waals surface area (Å²) in [4.78, 5) is 72.6. The average Bonchev–Trinajstić information content (AvgIpc) is 3.75. The van der Waals surface area contributed by atoms with Crippen molar-refractivity contribution in [3.8, 4) is 0 Å². The Labute approximate surface area is 568 Å². The second-order valence-electron chi connectivity index (χ2n) is 27.4. The summed E-state index contributed by atoms with van der Waals surface area (Å²) in [5.41, 5.74) is 0. The monoisotopic (exact) mass is 1370 g/mol. The van der Waals surface area contributed by atoms with Gasteiger partial charge in [-0.15, -0.1) is 0 Å². The van der Waals surface area contributed by atoms with Crippen LogP contribution in [0.2, 0.25) is 0 Å². The summed E-state index contributed by atoms with van der Waals surface area (Å²) < 4.78 is 68.3. The summed E-state index contributed by atoms with van der Waals surface area (Å²) in [6, 6.07) is 0. The summed E-state index contributed by atoms with van der Waals surface area (Å²) in [6.07, 6.45) is 52.9. The van der Waals surface area contributed by atoms with Gasteiger partial charge in [-0.05, 0) is 37.5 Å². The van der Waals surface area contributed by atoms with Crippen molar-refractivity contribution in [2.75, 3.05) is 39.6 Å². The molecule has 6 atom stereocenters. The van der Waals surface area contributed by atoms with Crippen molar-refractivity contribution in [2.24, 2.45) is 11.8 Å². The molecular weight excluding hydrogens is 1220 g/mol. The smallest absolute Gasteiger partial charge is 0.462 e. The molecule has 0 aromatic heterocycles. The Morgan fingerprint density at radius 3 is 0.817 bits per heavy atom. The van der Waals surface area contributed by atoms with Crippen LogP contribution in [-0.4, -0.2) is 96.7 Å². The van der Waals surface area contributed by atoms with Crippen LogP contribution in [0.1, 0.15) is 382 Å². The van der Waals surface area contributed by atoms with E-state index in [-0.39, 0.29) is 25.7 Å². The molecule has 19 heteroatoms. The highest BCUT2D eigenvalue weighted by Gasteiger charge is 2.30. The molecule has 3 unspecified atom stereocenters. The molecule has 0 rings (SSSR count). The van der Waals surface area contributed by atoms with Gasteiger partial charge < -0.3 is 33.8 Å². The Balaban J connectivity index is 5.15. The molecule has 0 aromatic rings. The molecule has 93 heavy (non-hydrogen) atoms. The number of carbonyl (C=O) groups excluding carboxylic acids is 4. The van der Waals surface area contributed by atoms with Crippen molar-refractivity contribution >= 4 is 39.5 Å². The number of unbranched alkanes of at least 4 members (excludes halogenated alkanes) is 42. The van der Waals surface area contributed by atoms with Crippen LogP contribution in [0.4, 0.5) is 0 Å². The van der Waals surface area contributed by atoms with Gasteiger partial charge in [0.05, 0.1) is 26.4 Å². The average molecular weight is 1370 g/mol. The number of hydrogen-bond acceptors (Lipinski definition) is 15. The molecule has 0 aliphatic rings. The van der Waals surface area contributed by atoms with Crippen molar-refractivity contribution in [1.29, 1.82) is 0 Å². The summed E-state index contributed by atoms with van der Waals surface area (Å²) in [5.74, 6) is -0.570. The number of phosphoric acid groups is 2. The first-order valence-corrected chi connectivity index (χ1v) is 41.5. The molecular formula is C74H144O17P2. The molecule has 0 aromatic carbocycles. The summed E-state index contributed by atoms with van der Waals surface area (Å²) in [5, 5.41) is 10.6.